The second-order valence-corrected chi connectivity index (χ2v) is 5.32. The molecule has 19 heavy (non-hydrogen) atoms. The number of hydrogen-bond donors (Lipinski definition) is 1. The normalized spacial score (nSPS) is 23.5. The van der Waals surface area contributed by atoms with Gasteiger partial charge in [0.05, 0.1) is 0 Å². The molecule has 0 bridgehead atoms. The highest BCUT2D eigenvalue weighted by molar-refractivity contribution is 6.09. The Balaban J connectivity index is 2.12. The first kappa shape index (κ1) is 13.8. The molecule has 0 saturated carbocycles. The van der Waals surface area contributed by atoms with Crippen LogP contribution in [0.1, 0.15) is 46.0 Å². The largest absolute Gasteiger partial charge is 0.320 e. The number of rotatable bonds is 2. The van der Waals surface area contributed by atoms with Crippen LogP contribution >= 0.6 is 0 Å². The van der Waals surface area contributed by atoms with E-state index in [9.17, 15) is 0 Å². The summed E-state index contributed by atoms with van der Waals surface area (Å²) in [4.78, 5) is 11.2. The van der Waals surface area contributed by atoms with E-state index in [1.807, 2.05) is 13.8 Å². The summed E-state index contributed by atoms with van der Waals surface area (Å²) in [5, 5.41) is 3.29. The van der Waals surface area contributed by atoms with Crippen LogP contribution in [0.2, 0.25) is 0 Å². The maximum absolute atomic E-state index is 4.58. The quantitative estimate of drug-likeness (QED) is 0.829. The molecule has 0 fully saturated rings. The molecule has 1 aliphatic carbocycles. The van der Waals surface area contributed by atoms with Crippen LogP contribution in [0.3, 0.4) is 0 Å². The minimum absolute atomic E-state index is 0.0446. The number of allylic oxidation sites excluding steroid dienone is 2. The van der Waals surface area contributed by atoms with Gasteiger partial charge in [-0.1, -0.05) is 19.1 Å². The van der Waals surface area contributed by atoms with E-state index < -0.39 is 0 Å². The van der Waals surface area contributed by atoms with E-state index >= 15 is 0 Å². The van der Waals surface area contributed by atoms with Crippen molar-refractivity contribution in [2.45, 2.75) is 52.1 Å². The number of nitrogens with one attached hydrogen (secondary N) is 1. The molecule has 0 aromatic carbocycles. The Bertz CT molecular complexity index is 445. The van der Waals surface area contributed by atoms with E-state index in [-0.39, 0.29) is 6.17 Å². The van der Waals surface area contributed by atoms with Crippen molar-refractivity contribution in [1.82, 2.24) is 10.2 Å². The summed E-state index contributed by atoms with van der Waals surface area (Å²) in [6.07, 6.45) is 8.48. The zero-order valence-corrected chi connectivity index (χ0v) is 12.2. The fourth-order valence-corrected chi connectivity index (χ4v) is 2.39. The van der Waals surface area contributed by atoms with E-state index in [1.165, 1.54) is 31.4 Å². The van der Waals surface area contributed by atoms with Gasteiger partial charge in [0, 0.05) is 12.7 Å². The van der Waals surface area contributed by atoms with Crippen molar-refractivity contribution in [3.05, 3.63) is 23.9 Å². The average Bonchev–Trinajstić information content (AvgIpc) is 2.65. The molecule has 0 radical (unpaired) electrons. The first-order chi connectivity index (χ1) is 9.08. The van der Waals surface area contributed by atoms with Gasteiger partial charge in [0.15, 0.2) is 0 Å². The first-order valence-corrected chi connectivity index (χ1v) is 7.09. The molecule has 0 aromatic heterocycles. The lowest BCUT2D eigenvalue weighted by atomic mass is 10.2. The van der Waals surface area contributed by atoms with Crippen LogP contribution in [-0.4, -0.2) is 29.9 Å². The molecule has 2 rings (SSSR count). The van der Waals surface area contributed by atoms with Crippen molar-refractivity contribution in [3.63, 3.8) is 0 Å². The monoisotopic (exact) mass is 260 g/mol. The maximum Gasteiger partial charge on any atom is 0.205 e. The molecule has 0 spiro atoms. The summed E-state index contributed by atoms with van der Waals surface area (Å²) in [7, 11) is 2.08. The van der Waals surface area contributed by atoms with Crippen molar-refractivity contribution in [2.24, 2.45) is 9.98 Å². The Morgan fingerprint density at radius 3 is 2.89 bits per heavy atom. The number of aliphatic imine (C=N–C) groups is 2. The van der Waals surface area contributed by atoms with Crippen LogP contribution in [0.4, 0.5) is 0 Å². The fourth-order valence-electron chi connectivity index (χ4n) is 2.39. The molecule has 0 aromatic rings. The Labute approximate surface area is 116 Å². The molecule has 2 aliphatic rings. The average molecular weight is 260 g/mol. The smallest absolute Gasteiger partial charge is 0.205 e. The Morgan fingerprint density at radius 2 is 2.16 bits per heavy atom. The van der Waals surface area contributed by atoms with Crippen LogP contribution in [0, 0.1) is 0 Å². The van der Waals surface area contributed by atoms with Crippen LogP contribution < -0.4 is 5.32 Å². The van der Waals surface area contributed by atoms with Gasteiger partial charge in [-0.05, 0) is 45.1 Å². The Morgan fingerprint density at radius 1 is 1.37 bits per heavy atom. The number of nitrogens with zero attached hydrogens (tertiary/aromatic N) is 3. The topological polar surface area (TPSA) is 40.0 Å². The van der Waals surface area contributed by atoms with Crippen molar-refractivity contribution < 1.29 is 0 Å². The SMILES string of the molecule is C=C(C)C1=NC(C)N=C(N(C)C2=CCCCCC2)N1. The highest BCUT2D eigenvalue weighted by atomic mass is 15.3. The Kier molecular flexibility index (Phi) is 4.40. The predicted molar refractivity (Wildman–Crippen MR) is 81.2 cm³/mol. The molecule has 1 N–H and O–H groups in total. The third-order valence-corrected chi connectivity index (χ3v) is 3.53. The van der Waals surface area contributed by atoms with Crippen molar-refractivity contribution in [3.8, 4) is 0 Å². The number of guanidine groups is 1. The van der Waals surface area contributed by atoms with Gasteiger partial charge in [-0.3, -0.25) is 0 Å². The second kappa shape index (κ2) is 6.04. The maximum atomic E-state index is 4.58. The van der Waals surface area contributed by atoms with Crippen LogP contribution in [0.15, 0.2) is 33.9 Å². The minimum Gasteiger partial charge on any atom is -0.320 e. The van der Waals surface area contributed by atoms with Crippen molar-refractivity contribution >= 4 is 11.8 Å². The molecule has 104 valence electrons. The molecule has 4 nitrogen and oxygen atoms in total. The van der Waals surface area contributed by atoms with Gasteiger partial charge in [-0.25, -0.2) is 9.98 Å². The Hall–Kier alpha value is -1.58. The summed E-state index contributed by atoms with van der Waals surface area (Å²) in [6.45, 7) is 7.92. The lowest BCUT2D eigenvalue weighted by Crippen LogP contribution is -2.45. The van der Waals surface area contributed by atoms with Gasteiger partial charge in [0.2, 0.25) is 5.96 Å². The van der Waals surface area contributed by atoms with Gasteiger partial charge >= 0.3 is 0 Å². The van der Waals surface area contributed by atoms with Crippen molar-refractivity contribution in [1.29, 1.82) is 0 Å². The summed E-state index contributed by atoms with van der Waals surface area (Å²) in [5.74, 6) is 1.73. The highest BCUT2D eigenvalue weighted by Crippen LogP contribution is 2.20. The van der Waals surface area contributed by atoms with Crippen LogP contribution in [0.25, 0.3) is 0 Å². The first-order valence-electron chi connectivity index (χ1n) is 7.09. The lowest BCUT2D eigenvalue weighted by molar-refractivity contribution is 0.548. The molecule has 1 unspecified atom stereocenters. The number of hydrogen-bond acceptors (Lipinski definition) is 4. The molecule has 4 heteroatoms. The minimum atomic E-state index is -0.0446. The lowest BCUT2D eigenvalue weighted by Gasteiger charge is -2.28. The van der Waals surface area contributed by atoms with E-state index in [1.54, 1.807) is 0 Å². The van der Waals surface area contributed by atoms with E-state index in [4.69, 9.17) is 0 Å². The summed E-state index contributed by atoms with van der Waals surface area (Å²) in [5.41, 5.74) is 2.31. The van der Waals surface area contributed by atoms with E-state index in [2.05, 4.69) is 39.9 Å². The summed E-state index contributed by atoms with van der Waals surface area (Å²) in [6, 6.07) is 0. The molecular weight excluding hydrogens is 236 g/mol. The van der Waals surface area contributed by atoms with E-state index in [0.29, 0.717) is 0 Å². The second-order valence-electron chi connectivity index (χ2n) is 5.32. The molecule has 0 amide bonds. The summed E-state index contributed by atoms with van der Waals surface area (Å²) >= 11 is 0. The third kappa shape index (κ3) is 3.46. The zero-order valence-electron chi connectivity index (χ0n) is 12.2. The zero-order chi connectivity index (χ0) is 13.8. The molecular formula is C15H24N4. The van der Waals surface area contributed by atoms with Gasteiger partial charge < -0.3 is 10.2 Å². The van der Waals surface area contributed by atoms with E-state index in [0.717, 1.165) is 23.8 Å². The third-order valence-electron chi connectivity index (χ3n) is 3.53. The predicted octanol–water partition coefficient (Wildman–Crippen LogP) is 3.05. The van der Waals surface area contributed by atoms with Gasteiger partial charge in [0.1, 0.15) is 12.0 Å². The van der Waals surface area contributed by atoms with Gasteiger partial charge in [0.25, 0.3) is 0 Å². The van der Waals surface area contributed by atoms with Crippen LogP contribution in [0.5, 0.6) is 0 Å². The standard InChI is InChI=1S/C15H24N4/c1-11(2)14-16-12(3)17-15(18-14)19(4)13-9-7-5-6-8-10-13/h9,12H,1,5-8,10H2,2-4H3,(H,16,17,18). The van der Waals surface area contributed by atoms with Crippen molar-refractivity contribution in [2.75, 3.05) is 7.05 Å². The molecule has 1 atom stereocenters. The molecule has 1 heterocycles. The van der Waals surface area contributed by atoms with Crippen LogP contribution in [-0.2, 0) is 0 Å². The van der Waals surface area contributed by atoms with Gasteiger partial charge in [-0.2, -0.15) is 0 Å². The number of amidine groups is 1. The highest BCUT2D eigenvalue weighted by Gasteiger charge is 2.19. The fraction of sp³-hybridized carbons (Fsp3) is 0.600. The van der Waals surface area contributed by atoms with Gasteiger partial charge in [-0.15, -0.1) is 0 Å². The molecule has 0 saturated heterocycles. The summed E-state index contributed by atoms with van der Waals surface area (Å²) < 4.78 is 0. The molecule has 1 aliphatic heterocycles.